The molecule has 24 heavy (non-hydrogen) atoms. The molecule has 0 saturated heterocycles. The van der Waals surface area contributed by atoms with E-state index in [9.17, 15) is 4.79 Å². The van der Waals surface area contributed by atoms with E-state index in [1.165, 1.54) is 11.3 Å². The summed E-state index contributed by atoms with van der Waals surface area (Å²) in [6.45, 7) is 0.374. The Labute approximate surface area is 144 Å². The molecule has 2 aromatic heterocycles. The van der Waals surface area contributed by atoms with Crippen LogP contribution >= 0.6 is 11.3 Å². The van der Waals surface area contributed by atoms with Crippen LogP contribution in [0.4, 0.5) is 5.69 Å². The Morgan fingerprint density at radius 1 is 1.21 bits per heavy atom. The number of nitrogens with zero attached hydrogens (tertiary/aromatic N) is 3. The van der Waals surface area contributed by atoms with Gasteiger partial charge in [-0.2, -0.15) is 0 Å². The quantitative estimate of drug-likeness (QED) is 0.691. The molecule has 0 aliphatic heterocycles. The number of amides is 1. The smallest absolute Gasteiger partial charge is 0.232 e. The molecule has 0 aliphatic rings. The minimum Gasteiger partial charge on any atom is -0.485 e. The highest BCUT2D eigenvalue weighted by atomic mass is 32.1. The van der Waals surface area contributed by atoms with Crippen LogP contribution in [0, 0.1) is 0 Å². The molecular weight excluding hydrogens is 322 g/mol. The number of rotatable bonds is 6. The second-order valence-electron chi connectivity index (χ2n) is 5.18. The van der Waals surface area contributed by atoms with Crippen molar-refractivity contribution in [2.24, 2.45) is 0 Å². The summed E-state index contributed by atoms with van der Waals surface area (Å²) in [6.07, 6.45) is 3.63. The number of hydrogen-bond donors (Lipinski definition) is 0. The standard InChI is InChI=1S/C18H17N3O2S/c1-21(15-6-3-2-4-7-15)18(22)10-14-13-24-17(20-14)12-23-16-8-5-9-19-11-16/h2-9,11,13H,10,12H2,1H3. The Morgan fingerprint density at radius 3 is 2.79 bits per heavy atom. The number of pyridine rings is 1. The summed E-state index contributed by atoms with van der Waals surface area (Å²) in [5.74, 6) is 0.709. The van der Waals surface area contributed by atoms with Gasteiger partial charge in [0.25, 0.3) is 0 Å². The molecule has 0 unspecified atom stereocenters. The summed E-state index contributed by atoms with van der Waals surface area (Å²) >= 11 is 1.49. The first-order valence-electron chi connectivity index (χ1n) is 7.50. The number of likely N-dealkylation sites (N-methyl/N-ethyl adjacent to an activating group) is 1. The van der Waals surface area contributed by atoms with Crippen LogP contribution < -0.4 is 9.64 Å². The summed E-state index contributed by atoms with van der Waals surface area (Å²) in [4.78, 5) is 22.5. The van der Waals surface area contributed by atoms with Crippen LogP contribution in [0.25, 0.3) is 0 Å². The predicted octanol–water partition coefficient (Wildman–Crippen LogP) is 3.32. The average molecular weight is 339 g/mol. The molecule has 1 aromatic carbocycles. The number of carbonyl (C=O) groups excluding carboxylic acids is 1. The van der Waals surface area contributed by atoms with Crippen LogP contribution in [0.15, 0.2) is 60.2 Å². The third-order valence-corrected chi connectivity index (χ3v) is 4.32. The molecule has 0 fully saturated rings. The Morgan fingerprint density at radius 2 is 2.04 bits per heavy atom. The van der Waals surface area contributed by atoms with Gasteiger partial charge in [-0.1, -0.05) is 18.2 Å². The Bertz CT molecular complexity index is 790. The van der Waals surface area contributed by atoms with Crippen molar-refractivity contribution in [3.8, 4) is 5.75 Å². The van der Waals surface area contributed by atoms with Gasteiger partial charge in [-0.25, -0.2) is 4.98 Å². The van der Waals surface area contributed by atoms with Crippen molar-refractivity contribution in [3.63, 3.8) is 0 Å². The first kappa shape index (κ1) is 16.1. The molecule has 5 nitrogen and oxygen atoms in total. The van der Waals surface area contributed by atoms with E-state index >= 15 is 0 Å². The van der Waals surface area contributed by atoms with E-state index in [2.05, 4.69) is 9.97 Å². The number of carbonyl (C=O) groups is 1. The second-order valence-corrected chi connectivity index (χ2v) is 6.12. The Hall–Kier alpha value is -2.73. The molecule has 0 spiro atoms. The topological polar surface area (TPSA) is 55.3 Å². The number of para-hydroxylation sites is 1. The van der Waals surface area contributed by atoms with Crippen molar-refractivity contribution in [3.05, 3.63) is 70.9 Å². The van der Waals surface area contributed by atoms with E-state index in [1.807, 2.05) is 47.8 Å². The maximum absolute atomic E-state index is 12.4. The molecule has 122 valence electrons. The predicted molar refractivity (Wildman–Crippen MR) is 94.2 cm³/mol. The third kappa shape index (κ3) is 4.17. The lowest BCUT2D eigenvalue weighted by molar-refractivity contribution is -0.117. The highest BCUT2D eigenvalue weighted by molar-refractivity contribution is 7.09. The lowest BCUT2D eigenvalue weighted by Crippen LogP contribution is -2.27. The Kier molecular flexibility index (Phi) is 5.18. The van der Waals surface area contributed by atoms with E-state index in [4.69, 9.17) is 4.74 Å². The van der Waals surface area contributed by atoms with Gasteiger partial charge < -0.3 is 9.64 Å². The number of ether oxygens (including phenoxy) is 1. The normalized spacial score (nSPS) is 10.4. The maximum Gasteiger partial charge on any atom is 0.232 e. The fourth-order valence-corrected chi connectivity index (χ4v) is 2.85. The molecular formula is C18H17N3O2S. The molecule has 6 heteroatoms. The summed E-state index contributed by atoms with van der Waals surface area (Å²) in [5, 5.41) is 2.74. The monoisotopic (exact) mass is 339 g/mol. The van der Waals surface area contributed by atoms with Crippen molar-refractivity contribution in [1.29, 1.82) is 0 Å². The van der Waals surface area contributed by atoms with Crippen LogP contribution in [0.1, 0.15) is 10.7 Å². The van der Waals surface area contributed by atoms with Crippen LogP contribution in [-0.2, 0) is 17.8 Å². The Balaban J connectivity index is 1.56. The summed E-state index contributed by atoms with van der Waals surface area (Å²) in [5.41, 5.74) is 1.63. The average Bonchev–Trinajstić information content (AvgIpc) is 3.08. The number of hydrogen-bond acceptors (Lipinski definition) is 5. The van der Waals surface area contributed by atoms with Gasteiger partial charge in [0.05, 0.1) is 18.3 Å². The minimum atomic E-state index is 0.00577. The van der Waals surface area contributed by atoms with Crippen LogP contribution in [0.3, 0.4) is 0 Å². The van der Waals surface area contributed by atoms with Gasteiger partial charge in [0.2, 0.25) is 5.91 Å². The number of benzene rings is 1. The zero-order valence-corrected chi connectivity index (χ0v) is 14.1. The summed E-state index contributed by atoms with van der Waals surface area (Å²) in [7, 11) is 1.77. The van der Waals surface area contributed by atoms with Crippen molar-refractivity contribution in [1.82, 2.24) is 9.97 Å². The van der Waals surface area contributed by atoms with Gasteiger partial charge >= 0.3 is 0 Å². The molecule has 0 atom stereocenters. The van der Waals surface area contributed by atoms with E-state index < -0.39 is 0 Å². The largest absolute Gasteiger partial charge is 0.485 e. The molecule has 0 aliphatic carbocycles. The second kappa shape index (κ2) is 7.70. The highest BCUT2D eigenvalue weighted by Gasteiger charge is 2.13. The summed E-state index contributed by atoms with van der Waals surface area (Å²) < 4.78 is 5.62. The first-order chi connectivity index (χ1) is 11.7. The number of anilines is 1. The molecule has 0 N–H and O–H groups in total. The molecule has 3 rings (SSSR count). The third-order valence-electron chi connectivity index (χ3n) is 3.45. The van der Waals surface area contributed by atoms with E-state index in [-0.39, 0.29) is 12.3 Å². The van der Waals surface area contributed by atoms with Crippen LogP contribution in [0.5, 0.6) is 5.75 Å². The van der Waals surface area contributed by atoms with Crippen molar-refractivity contribution in [2.45, 2.75) is 13.0 Å². The number of thiazole rings is 1. The van der Waals surface area contributed by atoms with Crippen LogP contribution in [0.2, 0.25) is 0 Å². The molecule has 1 amide bonds. The van der Waals surface area contributed by atoms with Crippen molar-refractivity contribution >= 4 is 22.9 Å². The zero-order chi connectivity index (χ0) is 16.8. The van der Waals surface area contributed by atoms with Gasteiger partial charge in [-0.15, -0.1) is 11.3 Å². The van der Waals surface area contributed by atoms with E-state index in [0.29, 0.717) is 12.4 Å². The van der Waals surface area contributed by atoms with Gasteiger partial charge in [0.1, 0.15) is 17.4 Å². The molecule has 0 bridgehead atoms. The van der Waals surface area contributed by atoms with Gasteiger partial charge in [0.15, 0.2) is 0 Å². The molecule has 0 saturated carbocycles. The molecule has 2 heterocycles. The van der Waals surface area contributed by atoms with Gasteiger partial charge in [-0.3, -0.25) is 9.78 Å². The highest BCUT2D eigenvalue weighted by Crippen LogP contribution is 2.17. The lowest BCUT2D eigenvalue weighted by Gasteiger charge is -2.16. The number of aromatic nitrogens is 2. The zero-order valence-electron chi connectivity index (χ0n) is 13.3. The fraction of sp³-hybridized carbons (Fsp3) is 0.167. The first-order valence-corrected chi connectivity index (χ1v) is 8.38. The maximum atomic E-state index is 12.4. The minimum absolute atomic E-state index is 0.00577. The van der Waals surface area contributed by atoms with Crippen LogP contribution in [-0.4, -0.2) is 22.9 Å². The molecule has 3 aromatic rings. The van der Waals surface area contributed by atoms with Gasteiger partial charge in [-0.05, 0) is 24.3 Å². The van der Waals surface area contributed by atoms with Crippen molar-refractivity contribution < 1.29 is 9.53 Å². The van der Waals surface area contributed by atoms with Gasteiger partial charge in [0, 0.05) is 24.3 Å². The summed E-state index contributed by atoms with van der Waals surface area (Å²) in [6, 6.07) is 13.2. The fourth-order valence-electron chi connectivity index (χ4n) is 2.14. The van der Waals surface area contributed by atoms with E-state index in [1.54, 1.807) is 24.3 Å². The van der Waals surface area contributed by atoms with Crippen molar-refractivity contribution in [2.75, 3.05) is 11.9 Å². The molecule has 0 radical (unpaired) electrons. The lowest BCUT2D eigenvalue weighted by atomic mass is 10.2. The van der Waals surface area contributed by atoms with E-state index in [0.717, 1.165) is 16.4 Å². The SMILES string of the molecule is CN(C(=O)Cc1csc(COc2cccnc2)n1)c1ccccc1.